The lowest BCUT2D eigenvalue weighted by Gasteiger charge is -2.16. The van der Waals surface area contributed by atoms with Gasteiger partial charge in [0.15, 0.2) is 5.82 Å². The highest BCUT2D eigenvalue weighted by Gasteiger charge is 2.21. The van der Waals surface area contributed by atoms with E-state index in [1.807, 2.05) is 31.2 Å². The smallest absolute Gasteiger partial charge is 0.316 e. The van der Waals surface area contributed by atoms with E-state index < -0.39 is 10.0 Å². The van der Waals surface area contributed by atoms with Gasteiger partial charge in [0.05, 0.1) is 14.9 Å². The molecule has 2 aromatic carbocycles. The summed E-state index contributed by atoms with van der Waals surface area (Å²) in [6, 6.07) is 13.5. The van der Waals surface area contributed by atoms with Crippen molar-refractivity contribution < 1.29 is 17.9 Å². The van der Waals surface area contributed by atoms with E-state index in [-0.39, 0.29) is 35.8 Å². The topological polar surface area (TPSA) is 116 Å². The Morgan fingerprint density at radius 3 is 2.26 bits per heavy atom. The van der Waals surface area contributed by atoms with Gasteiger partial charge in [0.1, 0.15) is 19.5 Å². The maximum Gasteiger partial charge on any atom is 0.316 e. The summed E-state index contributed by atoms with van der Waals surface area (Å²) in [4.78, 5) is 16.5. The van der Waals surface area contributed by atoms with Crippen molar-refractivity contribution in [3.8, 4) is 23.0 Å². The average Bonchev–Trinajstić information content (AvgIpc) is 2.84. The van der Waals surface area contributed by atoms with Gasteiger partial charge in [-0.25, -0.2) is 28.4 Å². The van der Waals surface area contributed by atoms with Gasteiger partial charge < -0.3 is 9.47 Å². The van der Waals surface area contributed by atoms with Crippen LogP contribution in [-0.4, -0.2) is 41.6 Å². The second-order valence-corrected chi connectivity index (χ2v) is 10.2. The van der Waals surface area contributed by atoms with Crippen molar-refractivity contribution >= 4 is 43.4 Å². The number of aryl methyl sites for hydroxylation is 1. The summed E-state index contributed by atoms with van der Waals surface area (Å²) < 4.78 is 40.6. The first-order valence-corrected chi connectivity index (χ1v) is 12.9. The van der Waals surface area contributed by atoms with Gasteiger partial charge in [-0.3, -0.25) is 4.72 Å². The number of benzene rings is 2. The van der Waals surface area contributed by atoms with Crippen LogP contribution in [0.5, 0.6) is 11.9 Å². The molecule has 0 spiro atoms. The first-order chi connectivity index (χ1) is 16.8. The van der Waals surface area contributed by atoms with Gasteiger partial charge >= 0.3 is 6.01 Å². The maximum atomic E-state index is 13.0. The van der Waals surface area contributed by atoms with E-state index in [0.29, 0.717) is 16.1 Å². The molecule has 0 aliphatic carbocycles. The van der Waals surface area contributed by atoms with Crippen LogP contribution in [0.15, 0.2) is 76.6 Å². The molecule has 0 bridgehead atoms. The summed E-state index contributed by atoms with van der Waals surface area (Å²) in [7, 11) is -3.95. The van der Waals surface area contributed by atoms with Gasteiger partial charge in [-0.1, -0.05) is 41.4 Å². The normalized spacial score (nSPS) is 11.2. The van der Waals surface area contributed by atoms with Crippen LogP contribution in [0, 0.1) is 6.92 Å². The summed E-state index contributed by atoms with van der Waals surface area (Å²) in [5.74, 6) is 0.268. The van der Waals surface area contributed by atoms with Gasteiger partial charge in [0, 0.05) is 17.4 Å². The minimum absolute atomic E-state index is 0.0423. The number of hydrogen-bond donors (Lipinski definition) is 1. The van der Waals surface area contributed by atoms with E-state index in [1.54, 1.807) is 12.4 Å². The molecule has 0 saturated carbocycles. The number of halogens is 2. The molecule has 4 rings (SSSR count). The highest BCUT2D eigenvalue weighted by atomic mass is 79.9. The van der Waals surface area contributed by atoms with E-state index in [2.05, 4.69) is 40.6 Å². The Morgan fingerprint density at radius 2 is 1.57 bits per heavy atom. The molecule has 0 atom stereocenters. The number of anilines is 1. The lowest BCUT2D eigenvalue weighted by atomic mass is 10.1. The molecular weight excluding hydrogens is 558 g/mol. The highest BCUT2D eigenvalue weighted by molar-refractivity contribution is 9.10. The molecule has 0 radical (unpaired) electrons. The number of ether oxygens (including phenoxy) is 2. The van der Waals surface area contributed by atoms with E-state index in [0.717, 1.165) is 10.0 Å². The second kappa shape index (κ2) is 11.0. The summed E-state index contributed by atoms with van der Waals surface area (Å²) >= 11 is 9.16. The second-order valence-electron chi connectivity index (χ2n) is 7.21. The average molecular weight is 577 g/mol. The Balaban J connectivity index is 1.60. The van der Waals surface area contributed by atoms with Gasteiger partial charge in [0.2, 0.25) is 5.88 Å². The molecule has 180 valence electrons. The molecule has 0 saturated heterocycles. The third-order valence-corrected chi connectivity index (χ3v) is 6.67. The largest absolute Gasteiger partial charge is 0.473 e. The predicted octanol–water partition coefficient (Wildman–Crippen LogP) is 4.92. The zero-order chi connectivity index (χ0) is 24.8. The molecule has 12 heteroatoms. The van der Waals surface area contributed by atoms with Crippen molar-refractivity contribution in [3.63, 3.8) is 0 Å². The third kappa shape index (κ3) is 6.44. The van der Waals surface area contributed by atoms with E-state index >= 15 is 0 Å². The predicted molar refractivity (Wildman–Crippen MR) is 135 cm³/mol. The van der Waals surface area contributed by atoms with E-state index in [4.69, 9.17) is 21.1 Å². The van der Waals surface area contributed by atoms with Gasteiger partial charge in [-0.2, -0.15) is 0 Å². The van der Waals surface area contributed by atoms with Crippen LogP contribution >= 0.6 is 27.5 Å². The number of aromatic nitrogens is 4. The first kappa shape index (κ1) is 24.8. The lowest BCUT2D eigenvalue weighted by Crippen LogP contribution is -2.16. The molecule has 2 heterocycles. The van der Waals surface area contributed by atoms with Crippen molar-refractivity contribution in [1.82, 2.24) is 19.9 Å². The van der Waals surface area contributed by atoms with Crippen LogP contribution in [0.25, 0.3) is 11.1 Å². The maximum absolute atomic E-state index is 13.0. The van der Waals surface area contributed by atoms with Crippen molar-refractivity contribution in [1.29, 1.82) is 0 Å². The minimum Gasteiger partial charge on any atom is -0.473 e. The van der Waals surface area contributed by atoms with Crippen molar-refractivity contribution in [2.45, 2.75) is 11.8 Å². The zero-order valence-electron chi connectivity index (χ0n) is 18.4. The molecule has 35 heavy (non-hydrogen) atoms. The first-order valence-electron chi connectivity index (χ1n) is 10.3. The molecule has 9 nitrogen and oxygen atoms in total. The molecular formula is C23H19BrClN5O4S. The summed E-state index contributed by atoms with van der Waals surface area (Å²) in [5.41, 5.74) is 2.11. The molecule has 0 fully saturated rings. The van der Waals surface area contributed by atoms with Crippen molar-refractivity contribution in [3.05, 3.63) is 82.3 Å². The van der Waals surface area contributed by atoms with Gasteiger partial charge in [-0.05, 0) is 52.7 Å². The van der Waals surface area contributed by atoms with E-state index in [9.17, 15) is 8.42 Å². The number of sulfonamides is 1. The molecule has 0 aliphatic heterocycles. The lowest BCUT2D eigenvalue weighted by molar-refractivity contribution is 0.202. The number of rotatable bonds is 9. The van der Waals surface area contributed by atoms with Crippen LogP contribution in [0.4, 0.5) is 5.82 Å². The van der Waals surface area contributed by atoms with Crippen LogP contribution < -0.4 is 14.2 Å². The Bertz CT molecular complexity index is 1400. The van der Waals surface area contributed by atoms with Gasteiger partial charge in [-0.15, -0.1) is 0 Å². The highest BCUT2D eigenvalue weighted by Crippen LogP contribution is 2.35. The van der Waals surface area contributed by atoms with Crippen LogP contribution in [0.3, 0.4) is 0 Å². The number of hydrogen-bond acceptors (Lipinski definition) is 8. The van der Waals surface area contributed by atoms with Crippen LogP contribution in [-0.2, 0) is 10.0 Å². The van der Waals surface area contributed by atoms with Gasteiger partial charge in [0.25, 0.3) is 10.0 Å². The number of nitrogens with zero attached hydrogens (tertiary/aromatic N) is 4. The molecule has 0 unspecified atom stereocenters. The third-order valence-electron chi connectivity index (χ3n) is 4.66. The SMILES string of the molecule is Cc1ccc(-c2c(NS(=O)(=O)c3ccc(Cl)cc3)ncnc2OCCOc2ncc(Br)cn2)cc1. The molecule has 0 aliphatic rings. The summed E-state index contributed by atoms with van der Waals surface area (Å²) in [6.07, 6.45) is 4.37. The fourth-order valence-corrected chi connectivity index (χ4v) is 4.34. The van der Waals surface area contributed by atoms with E-state index in [1.165, 1.54) is 30.6 Å². The van der Waals surface area contributed by atoms with Crippen LogP contribution in [0.1, 0.15) is 5.56 Å². The minimum atomic E-state index is -3.95. The fraction of sp³-hybridized carbons (Fsp3) is 0.130. The Morgan fingerprint density at radius 1 is 0.914 bits per heavy atom. The summed E-state index contributed by atoms with van der Waals surface area (Å²) in [6.45, 7) is 2.21. The zero-order valence-corrected chi connectivity index (χ0v) is 21.5. The fourth-order valence-electron chi connectivity index (χ4n) is 2.98. The molecule has 2 aromatic heterocycles. The molecule has 1 N–H and O–H groups in total. The molecule has 4 aromatic rings. The Kier molecular flexibility index (Phi) is 7.79. The number of nitrogens with one attached hydrogen (secondary N) is 1. The summed E-state index contributed by atoms with van der Waals surface area (Å²) in [5, 5.41) is 0.428. The molecule has 0 amide bonds. The Hall–Kier alpha value is -3.28. The monoisotopic (exact) mass is 575 g/mol. The Labute approximate surface area is 215 Å². The quantitative estimate of drug-likeness (QED) is 0.279. The van der Waals surface area contributed by atoms with Crippen molar-refractivity contribution in [2.24, 2.45) is 0 Å². The standard InChI is InChI=1S/C23H19BrClN5O4S/c1-15-2-4-16(5-3-15)20-21(30-35(31,32)19-8-6-18(25)7-9-19)28-14-29-22(20)33-10-11-34-23-26-12-17(24)13-27-23/h2-9,12-14H,10-11H2,1H3,(H,28,29,30). The van der Waals surface area contributed by atoms with Crippen molar-refractivity contribution in [2.75, 3.05) is 17.9 Å². The van der Waals surface area contributed by atoms with Crippen LogP contribution in [0.2, 0.25) is 5.02 Å².